The van der Waals surface area contributed by atoms with E-state index in [4.69, 9.17) is 17.0 Å². The van der Waals surface area contributed by atoms with E-state index in [1.165, 1.54) is 0 Å². The lowest BCUT2D eigenvalue weighted by Gasteiger charge is -2.12. The Balaban J connectivity index is 2.61. The average Bonchev–Trinajstić information content (AvgIpc) is 2.26. The zero-order chi connectivity index (χ0) is 10.4. The molecular formula is C9H13N3OS. The highest BCUT2D eigenvalue weighted by molar-refractivity contribution is 7.80. The monoisotopic (exact) mass is 211 g/mol. The summed E-state index contributed by atoms with van der Waals surface area (Å²) in [5.41, 5.74) is 6.59. The highest BCUT2D eigenvalue weighted by atomic mass is 32.1. The van der Waals surface area contributed by atoms with Gasteiger partial charge in [0.2, 0.25) is 0 Å². The summed E-state index contributed by atoms with van der Waals surface area (Å²) in [5, 5.41) is 3.31. The van der Waals surface area contributed by atoms with Crippen molar-refractivity contribution in [3.8, 4) is 5.75 Å². The summed E-state index contributed by atoms with van der Waals surface area (Å²) in [6.07, 6.45) is 0. The van der Waals surface area contributed by atoms with Crippen molar-refractivity contribution < 1.29 is 4.74 Å². The maximum atomic E-state index is 5.15. The van der Waals surface area contributed by atoms with Crippen molar-refractivity contribution in [3.05, 3.63) is 24.3 Å². The van der Waals surface area contributed by atoms with Gasteiger partial charge in [-0.25, -0.2) is 0 Å². The Morgan fingerprint density at radius 1 is 1.36 bits per heavy atom. The molecule has 0 saturated heterocycles. The van der Waals surface area contributed by atoms with Crippen LogP contribution in [0.15, 0.2) is 24.3 Å². The lowest BCUT2D eigenvalue weighted by atomic mass is 10.3. The summed E-state index contributed by atoms with van der Waals surface area (Å²) >= 11 is 4.91. The van der Waals surface area contributed by atoms with E-state index in [-0.39, 0.29) is 0 Å². The molecule has 1 aromatic carbocycles. The Morgan fingerprint density at radius 2 is 2.07 bits per heavy atom. The molecule has 0 heterocycles. The van der Waals surface area contributed by atoms with Crippen LogP contribution in [0.2, 0.25) is 0 Å². The van der Waals surface area contributed by atoms with Crippen LogP contribution in [-0.4, -0.2) is 19.3 Å². The molecule has 0 fully saturated rings. The van der Waals surface area contributed by atoms with Crippen molar-refractivity contribution in [2.75, 3.05) is 19.6 Å². The molecule has 76 valence electrons. The molecule has 1 rings (SSSR count). The van der Waals surface area contributed by atoms with Crippen LogP contribution < -0.4 is 20.9 Å². The Kier molecular flexibility index (Phi) is 4.00. The zero-order valence-corrected chi connectivity index (χ0v) is 8.94. The molecule has 0 aliphatic carbocycles. The first-order valence-corrected chi connectivity index (χ1v) is 4.55. The van der Waals surface area contributed by atoms with Gasteiger partial charge in [0.1, 0.15) is 5.75 Å². The summed E-state index contributed by atoms with van der Waals surface area (Å²) in [7, 11) is 3.37. The van der Waals surface area contributed by atoms with Gasteiger partial charge in [-0.05, 0) is 24.4 Å². The van der Waals surface area contributed by atoms with Gasteiger partial charge in [-0.15, -0.1) is 0 Å². The lowest BCUT2D eigenvalue weighted by molar-refractivity contribution is 0.416. The van der Waals surface area contributed by atoms with Crippen molar-refractivity contribution in [1.29, 1.82) is 0 Å². The highest BCUT2D eigenvalue weighted by Gasteiger charge is 1.99. The normalized spacial score (nSPS) is 9.00. The summed E-state index contributed by atoms with van der Waals surface area (Å²) in [5.74, 6) is 0.763. The largest absolute Gasteiger partial charge is 0.495 e. The predicted octanol–water partition coefficient (Wildman–Crippen LogP) is 1.12. The molecule has 0 aliphatic rings. The van der Waals surface area contributed by atoms with Crippen LogP contribution in [0.1, 0.15) is 0 Å². The first kappa shape index (κ1) is 10.6. The molecule has 0 radical (unpaired) electrons. The molecule has 0 spiro atoms. The van der Waals surface area contributed by atoms with Crippen LogP contribution in [0.4, 0.5) is 5.69 Å². The van der Waals surface area contributed by atoms with E-state index >= 15 is 0 Å². The Morgan fingerprint density at radius 3 is 2.71 bits per heavy atom. The fourth-order valence-electron chi connectivity index (χ4n) is 0.935. The first-order valence-electron chi connectivity index (χ1n) is 4.14. The number of anilines is 1. The number of hydrogen-bond acceptors (Lipinski definition) is 3. The maximum absolute atomic E-state index is 5.15. The van der Waals surface area contributed by atoms with Gasteiger partial charge in [0.05, 0.1) is 12.8 Å². The second-order valence-corrected chi connectivity index (χ2v) is 2.94. The van der Waals surface area contributed by atoms with Crippen LogP contribution >= 0.6 is 12.2 Å². The number of ether oxygens (including phenoxy) is 1. The molecule has 0 bridgehead atoms. The van der Waals surface area contributed by atoms with Gasteiger partial charge in [-0.3, -0.25) is 10.9 Å². The fraction of sp³-hybridized carbons (Fsp3) is 0.222. The topological polar surface area (TPSA) is 45.3 Å². The number of benzene rings is 1. The Hall–Kier alpha value is -1.49. The van der Waals surface area contributed by atoms with E-state index in [0.717, 1.165) is 11.4 Å². The molecule has 0 atom stereocenters. The third-order valence-corrected chi connectivity index (χ3v) is 1.95. The lowest BCUT2D eigenvalue weighted by Crippen LogP contribution is -2.36. The number of hydrogen-bond donors (Lipinski definition) is 3. The van der Waals surface area contributed by atoms with Crippen LogP contribution in [0, 0.1) is 0 Å². The van der Waals surface area contributed by atoms with E-state index in [0.29, 0.717) is 5.11 Å². The third-order valence-electron chi connectivity index (χ3n) is 1.64. The quantitative estimate of drug-likeness (QED) is 0.516. The average molecular weight is 211 g/mol. The third kappa shape index (κ3) is 2.77. The minimum atomic E-state index is 0.524. The number of thiocarbonyl (C=S) groups is 1. The van der Waals surface area contributed by atoms with Crippen molar-refractivity contribution >= 4 is 23.0 Å². The van der Waals surface area contributed by atoms with Crippen molar-refractivity contribution in [2.24, 2.45) is 0 Å². The molecule has 5 heteroatoms. The van der Waals surface area contributed by atoms with Gasteiger partial charge >= 0.3 is 0 Å². The van der Waals surface area contributed by atoms with Crippen LogP contribution in [0.25, 0.3) is 0 Å². The van der Waals surface area contributed by atoms with E-state index < -0.39 is 0 Å². The molecule has 1 aromatic rings. The van der Waals surface area contributed by atoms with Crippen molar-refractivity contribution in [3.63, 3.8) is 0 Å². The van der Waals surface area contributed by atoms with Gasteiger partial charge in [0.15, 0.2) is 5.11 Å². The molecule has 4 nitrogen and oxygen atoms in total. The van der Waals surface area contributed by atoms with Gasteiger partial charge in [0.25, 0.3) is 0 Å². The molecule has 0 unspecified atom stereocenters. The standard InChI is InChI=1S/C9H13N3OS/c1-10-9(14)12-11-7-5-3-4-6-8(7)13-2/h3-6,11H,1-2H3,(H2,10,12,14). The van der Waals surface area contributed by atoms with Gasteiger partial charge < -0.3 is 10.1 Å². The summed E-state index contributed by atoms with van der Waals surface area (Å²) in [6.45, 7) is 0. The van der Waals surface area contributed by atoms with E-state index in [1.54, 1.807) is 14.2 Å². The second kappa shape index (κ2) is 5.29. The minimum absolute atomic E-state index is 0.524. The molecular weight excluding hydrogens is 198 g/mol. The molecule has 0 aliphatic heterocycles. The number of methoxy groups -OCH3 is 1. The van der Waals surface area contributed by atoms with Gasteiger partial charge in [0, 0.05) is 7.05 Å². The first-order chi connectivity index (χ1) is 6.77. The van der Waals surface area contributed by atoms with E-state index in [1.807, 2.05) is 24.3 Å². The second-order valence-electron chi connectivity index (χ2n) is 2.53. The number of nitrogens with one attached hydrogen (secondary N) is 3. The molecule has 0 aromatic heterocycles. The van der Waals surface area contributed by atoms with E-state index in [2.05, 4.69) is 16.2 Å². The maximum Gasteiger partial charge on any atom is 0.184 e. The molecule has 3 N–H and O–H groups in total. The summed E-state index contributed by atoms with van der Waals surface area (Å²) in [6, 6.07) is 7.58. The van der Waals surface area contributed by atoms with E-state index in [9.17, 15) is 0 Å². The molecule has 14 heavy (non-hydrogen) atoms. The predicted molar refractivity (Wildman–Crippen MR) is 61.4 cm³/mol. The minimum Gasteiger partial charge on any atom is -0.495 e. The number of para-hydroxylation sites is 2. The SMILES string of the molecule is CNC(=S)NNc1ccccc1OC. The van der Waals surface area contributed by atoms with Crippen LogP contribution in [0.3, 0.4) is 0 Å². The van der Waals surface area contributed by atoms with Crippen molar-refractivity contribution in [1.82, 2.24) is 10.7 Å². The number of hydrazine groups is 1. The highest BCUT2D eigenvalue weighted by Crippen LogP contribution is 2.21. The molecule has 0 saturated carbocycles. The Bertz CT molecular complexity index is 317. The Labute approximate surface area is 88.6 Å². The van der Waals surface area contributed by atoms with Crippen LogP contribution in [0.5, 0.6) is 5.75 Å². The van der Waals surface area contributed by atoms with Gasteiger partial charge in [-0.1, -0.05) is 12.1 Å². The van der Waals surface area contributed by atoms with Crippen molar-refractivity contribution in [2.45, 2.75) is 0 Å². The van der Waals surface area contributed by atoms with Crippen LogP contribution in [-0.2, 0) is 0 Å². The fourth-order valence-corrected chi connectivity index (χ4v) is 0.986. The summed E-state index contributed by atoms with van der Waals surface area (Å²) < 4.78 is 5.15. The van der Waals surface area contributed by atoms with Gasteiger partial charge in [-0.2, -0.15) is 0 Å². The smallest absolute Gasteiger partial charge is 0.184 e. The summed E-state index contributed by atoms with van der Waals surface area (Å²) in [4.78, 5) is 0. The molecule has 0 amide bonds. The zero-order valence-electron chi connectivity index (χ0n) is 8.13. The number of rotatable bonds is 3.